The van der Waals surface area contributed by atoms with Crippen molar-refractivity contribution in [2.75, 3.05) is 17.2 Å². The Morgan fingerprint density at radius 3 is 2.83 bits per heavy atom. The number of rotatable bonds is 6. The van der Waals surface area contributed by atoms with Gasteiger partial charge in [-0.15, -0.1) is 0 Å². The fraction of sp³-hybridized carbons (Fsp3) is 0.455. The van der Waals surface area contributed by atoms with Gasteiger partial charge in [0.2, 0.25) is 0 Å². The Hall–Kier alpha value is -3.18. The highest BCUT2D eigenvalue weighted by atomic mass is 15.2. The molecule has 0 aliphatic carbocycles. The Morgan fingerprint density at radius 1 is 1.27 bits per heavy atom. The Kier molecular flexibility index (Phi) is 4.97. The van der Waals surface area contributed by atoms with E-state index in [0.29, 0.717) is 24.5 Å². The predicted molar refractivity (Wildman–Crippen MR) is 117 cm³/mol. The highest BCUT2D eigenvalue weighted by Gasteiger charge is 2.40. The van der Waals surface area contributed by atoms with Crippen LogP contribution in [0.2, 0.25) is 0 Å². The summed E-state index contributed by atoms with van der Waals surface area (Å²) in [5.74, 6) is 3.27. The largest absolute Gasteiger partial charge is 0.367 e. The molecule has 3 aromatic rings. The number of pyridine rings is 2. The summed E-state index contributed by atoms with van der Waals surface area (Å²) in [5.41, 5.74) is 0.906. The zero-order chi connectivity index (χ0) is 20.5. The molecule has 0 saturated carbocycles. The van der Waals surface area contributed by atoms with E-state index in [1.165, 1.54) is 12.8 Å². The topological polar surface area (TPSA) is 106 Å². The number of aromatic nitrogens is 4. The molecular weight excluding hydrogens is 376 g/mol. The summed E-state index contributed by atoms with van der Waals surface area (Å²) < 4.78 is 0. The molecule has 0 amide bonds. The number of fused-ring (bicyclic) bond motifs is 3. The number of H-pyrrole nitrogens is 1. The standard InChI is InChI=1S/C22H26N8/c1-14-25-13-21(26-14)28-20-12-19-18(4-2-8-24-19)22(29-20)27-15-10-16-5-6-17(11-15)30(16)9-3-7-23/h2,4,8,12-13,15-17H,3,5-6,9-11H2,1H3,(H,25,26)(H2,27,28,29)/t15?,16-,17+. The second kappa shape index (κ2) is 7.92. The van der Waals surface area contributed by atoms with Gasteiger partial charge in [-0.05, 0) is 44.7 Å². The van der Waals surface area contributed by atoms with Gasteiger partial charge >= 0.3 is 0 Å². The molecule has 8 heteroatoms. The van der Waals surface area contributed by atoms with Crippen molar-refractivity contribution in [3.8, 4) is 6.07 Å². The van der Waals surface area contributed by atoms with Gasteiger partial charge < -0.3 is 15.6 Å². The van der Waals surface area contributed by atoms with Crippen molar-refractivity contribution in [1.29, 1.82) is 5.26 Å². The quantitative estimate of drug-likeness (QED) is 0.577. The van der Waals surface area contributed by atoms with Crippen LogP contribution in [0, 0.1) is 18.3 Å². The first-order valence-corrected chi connectivity index (χ1v) is 10.6. The monoisotopic (exact) mass is 402 g/mol. The van der Waals surface area contributed by atoms with E-state index in [9.17, 15) is 0 Å². The molecular formula is C22H26N8. The van der Waals surface area contributed by atoms with Gasteiger partial charge in [0, 0.05) is 48.7 Å². The van der Waals surface area contributed by atoms with Crippen LogP contribution in [0.5, 0.6) is 0 Å². The second-order valence-corrected chi connectivity index (χ2v) is 8.28. The van der Waals surface area contributed by atoms with Crippen LogP contribution in [0.4, 0.5) is 17.5 Å². The number of nitriles is 1. The molecule has 3 atom stereocenters. The third kappa shape index (κ3) is 3.68. The van der Waals surface area contributed by atoms with E-state index in [4.69, 9.17) is 10.2 Å². The molecule has 8 nitrogen and oxygen atoms in total. The van der Waals surface area contributed by atoms with E-state index in [-0.39, 0.29) is 0 Å². The van der Waals surface area contributed by atoms with Crippen molar-refractivity contribution in [2.24, 2.45) is 0 Å². The van der Waals surface area contributed by atoms with E-state index in [0.717, 1.165) is 53.6 Å². The van der Waals surface area contributed by atoms with Crippen molar-refractivity contribution >= 4 is 28.4 Å². The van der Waals surface area contributed by atoms with Crippen LogP contribution in [-0.2, 0) is 0 Å². The van der Waals surface area contributed by atoms with Gasteiger partial charge in [0.15, 0.2) is 0 Å². The first kappa shape index (κ1) is 18.8. The summed E-state index contributed by atoms with van der Waals surface area (Å²) in [6.45, 7) is 2.82. The number of nitrogens with one attached hydrogen (secondary N) is 3. The molecule has 2 aliphatic rings. The molecule has 2 fully saturated rings. The average molecular weight is 403 g/mol. The summed E-state index contributed by atoms with van der Waals surface area (Å²) in [6.07, 6.45) is 8.82. The third-order valence-corrected chi connectivity index (χ3v) is 6.27. The number of nitrogens with zero attached hydrogens (tertiary/aromatic N) is 5. The molecule has 2 bridgehead atoms. The van der Waals surface area contributed by atoms with Crippen molar-refractivity contribution in [3.63, 3.8) is 0 Å². The number of hydrogen-bond acceptors (Lipinski definition) is 7. The number of hydrogen-bond donors (Lipinski definition) is 3. The average Bonchev–Trinajstić information content (AvgIpc) is 3.25. The second-order valence-electron chi connectivity index (χ2n) is 8.28. The van der Waals surface area contributed by atoms with Crippen LogP contribution in [0.15, 0.2) is 30.6 Å². The van der Waals surface area contributed by atoms with Gasteiger partial charge in [-0.3, -0.25) is 9.88 Å². The lowest BCUT2D eigenvalue weighted by molar-refractivity contribution is 0.136. The third-order valence-electron chi connectivity index (χ3n) is 6.27. The summed E-state index contributed by atoms with van der Waals surface area (Å²) in [4.78, 5) is 19.4. The molecule has 3 N–H and O–H groups in total. The number of aromatic amines is 1. The van der Waals surface area contributed by atoms with E-state index in [1.54, 1.807) is 6.20 Å². The van der Waals surface area contributed by atoms with Gasteiger partial charge in [-0.25, -0.2) is 9.97 Å². The predicted octanol–water partition coefficient (Wildman–Crippen LogP) is 3.73. The minimum absolute atomic E-state index is 0.376. The fourth-order valence-electron chi connectivity index (χ4n) is 5.00. The van der Waals surface area contributed by atoms with Gasteiger partial charge in [-0.1, -0.05) is 0 Å². The van der Waals surface area contributed by atoms with Crippen molar-refractivity contribution in [1.82, 2.24) is 24.8 Å². The van der Waals surface area contributed by atoms with Crippen molar-refractivity contribution in [2.45, 2.75) is 57.2 Å². The zero-order valence-electron chi connectivity index (χ0n) is 17.1. The SMILES string of the molecule is Cc1ncc(Nc2cc3ncccc3c(NC3C[C@H]4CC[C@@H](C3)N4CCC#N)n2)[nH]1. The van der Waals surface area contributed by atoms with Crippen LogP contribution in [0.1, 0.15) is 37.9 Å². The van der Waals surface area contributed by atoms with Crippen LogP contribution in [-0.4, -0.2) is 49.5 Å². The maximum Gasteiger partial charge on any atom is 0.138 e. The highest BCUT2D eigenvalue weighted by molar-refractivity contribution is 5.91. The smallest absolute Gasteiger partial charge is 0.138 e. The number of anilines is 3. The fourth-order valence-corrected chi connectivity index (χ4v) is 5.00. The molecule has 1 unspecified atom stereocenters. The molecule has 5 heterocycles. The Labute approximate surface area is 175 Å². The summed E-state index contributed by atoms with van der Waals surface area (Å²) >= 11 is 0. The molecule has 0 aromatic carbocycles. The van der Waals surface area contributed by atoms with Crippen LogP contribution in [0.25, 0.3) is 10.9 Å². The molecule has 3 aromatic heterocycles. The summed E-state index contributed by atoms with van der Waals surface area (Å²) in [5, 5.41) is 17.0. The van der Waals surface area contributed by atoms with E-state index in [1.807, 2.05) is 25.3 Å². The number of aryl methyl sites for hydroxylation is 1. The van der Waals surface area contributed by atoms with E-state index < -0.39 is 0 Å². The molecule has 154 valence electrons. The summed E-state index contributed by atoms with van der Waals surface area (Å²) in [7, 11) is 0. The lowest BCUT2D eigenvalue weighted by atomic mass is 9.97. The molecule has 0 spiro atoms. The Balaban J connectivity index is 1.38. The molecule has 2 saturated heterocycles. The molecule has 5 rings (SSSR count). The van der Waals surface area contributed by atoms with Gasteiger partial charge in [0.1, 0.15) is 23.3 Å². The van der Waals surface area contributed by atoms with Crippen molar-refractivity contribution < 1.29 is 0 Å². The normalized spacial score (nSPS) is 23.4. The summed E-state index contributed by atoms with van der Waals surface area (Å²) in [6, 6.07) is 9.78. The van der Waals surface area contributed by atoms with Crippen LogP contribution < -0.4 is 10.6 Å². The highest BCUT2D eigenvalue weighted by Crippen LogP contribution is 2.37. The van der Waals surface area contributed by atoms with Crippen LogP contribution in [0.3, 0.4) is 0 Å². The van der Waals surface area contributed by atoms with Gasteiger partial charge in [0.25, 0.3) is 0 Å². The van der Waals surface area contributed by atoms with Gasteiger partial charge in [0.05, 0.1) is 17.8 Å². The molecule has 0 radical (unpaired) electrons. The minimum atomic E-state index is 0.376. The van der Waals surface area contributed by atoms with E-state index in [2.05, 4.69) is 42.6 Å². The lowest BCUT2D eigenvalue weighted by Crippen LogP contribution is -2.47. The number of piperidine rings is 1. The van der Waals surface area contributed by atoms with Crippen molar-refractivity contribution in [3.05, 3.63) is 36.4 Å². The molecule has 2 aliphatic heterocycles. The molecule has 30 heavy (non-hydrogen) atoms. The Morgan fingerprint density at radius 2 is 2.10 bits per heavy atom. The maximum absolute atomic E-state index is 8.96. The minimum Gasteiger partial charge on any atom is -0.367 e. The zero-order valence-corrected chi connectivity index (χ0v) is 17.1. The van der Waals surface area contributed by atoms with Gasteiger partial charge in [-0.2, -0.15) is 5.26 Å². The maximum atomic E-state index is 8.96. The lowest BCUT2D eigenvalue weighted by Gasteiger charge is -2.39. The van der Waals surface area contributed by atoms with Crippen LogP contribution >= 0.6 is 0 Å². The first-order valence-electron chi connectivity index (χ1n) is 10.6. The first-order chi connectivity index (χ1) is 14.7. The Bertz CT molecular complexity index is 1070. The van der Waals surface area contributed by atoms with E-state index >= 15 is 0 Å². The number of imidazole rings is 1.